The second-order valence-corrected chi connectivity index (χ2v) is 5.68. The Morgan fingerprint density at radius 3 is 2.46 bits per heavy atom. The zero-order valence-corrected chi connectivity index (χ0v) is 14.1. The van der Waals surface area contributed by atoms with Crippen LogP contribution in [0, 0.1) is 0 Å². The van der Waals surface area contributed by atoms with E-state index in [0.29, 0.717) is 0 Å². The summed E-state index contributed by atoms with van der Waals surface area (Å²) in [5.74, 6) is -2.96. The summed E-state index contributed by atoms with van der Waals surface area (Å²) in [5, 5.41) is 22.2. The van der Waals surface area contributed by atoms with E-state index >= 15 is 0 Å². The monoisotopic (exact) mass is 390 g/mol. The van der Waals surface area contributed by atoms with Gasteiger partial charge in [0.15, 0.2) is 11.5 Å². The number of hydrogen-bond acceptors (Lipinski definition) is 6. The Bertz CT molecular complexity index is 1010. The van der Waals surface area contributed by atoms with E-state index in [2.05, 4.69) is 20.3 Å². The van der Waals surface area contributed by atoms with E-state index in [1.54, 1.807) is 12.1 Å². The van der Waals surface area contributed by atoms with Crippen LogP contribution < -0.4 is 5.32 Å². The average molecular weight is 390 g/mol. The van der Waals surface area contributed by atoms with Crippen LogP contribution in [0.1, 0.15) is 21.6 Å². The van der Waals surface area contributed by atoms with Crippen molar-refractivity contribution < 1.29 is 28.2 Å². The number of carbonyl (C=O) groups excluding carboxylic acids is 1. The molecule has 1 amide bonds. The van der Waals surface area contributed by atoms with Crippen molar-refractivity contribution in [2.45, 2.75) is 12.7 Å². The Morgan fingerprint density at radius 2 is 1.79 bits per heavy atom. The van der Waals surface area contributed by atoms with Crippen LogP contribution in [-0.2, 0) is 12.7 Å². The largest absolute Gasteiger partial charge is 0.501 e. The summed E-state index contributed by atoms with van der Waals surface area (Å²) in [4.78, 5) is 23.6. The molecule has 0 radical (unpaired) electrons. The lowest BCUT2D eigenvalue weighted by Gasteiger charge is -2.11. The van der Waals surface area contributed by atoms with Crippen LogP contribution >= 0.6 is 0 Å². The first-order chi connectivity index (χ1) is 13.3. The molecule has 0 saturated heterocycles. The van der Waals surface area contributed by atoms with Gasteiger partial charge in [0.1, 0.15) is 0 Å². The number of benzene rings is 1. The van der Waals surface area contributed by atoms with Crippen molar-refractivity contribution in [2.24, 2.45) is 0 Å². The second-order valence-electron chi connectivity index (χ2n) is 5.68. The van der Waals surface area contributed by atoms with Gasteiger partial charge in [-0.3, -0.25) is 9.78 Å². The highest BCUT2D eigenvalue weighted by Gasteiger charge is 2.31. The molecule has 0 aliphatic rings. The Morgan fingerprint density at radius 1 is 1.07 bits per heavy atom. The first-order valence-corrected chi connectivity index (χ1v) is 7.90. The molecule has 3 rings (SSSR count). The molecular formula is C18H13F3N4O3. The number of alkyl halides is 3. The van der Waals surface area contributed by atoms with Crippen molar-refractivity contribution in [3.05, 3.63) is 65.6 Å². The molecule has 0 aliphatic heterocycles. The molecule has 0 fully saturated rings. The van der Waals surface area contributed by atoms with Crippen molar-refractivity contribution in [3.63, 3.8) is 0 Å². The van der Waals surface area contributed by atoms with Gasteiger partial charge in [0, 0.05) is 24.5 Å². The molecule has 1 aromatic carbocycles. The number of rotatable bonds is 4. The number of halogens is 3. The highest BCUT2D eigenvalue weighted by Crippen LogP contribution is 2.33. The standard InChI is InChI=1S/C18H13F3N4O3/c19-18(20,21)12-3-1-2-11(8-12)15-24-13(14(26)17(28)25-15)16(27)23-9-10-4-6-22-7-5-10/h1-8,26H,9H2,(H,23,27)(H,24,25,28). The second kappa shape index (κ2) is 7.51. The van der Waals surface area contributed by atoms with Crippen LogP contribution in [0.15, 0.2) is 48.8 Å². The van der Waals surface area contributed by atoms with E-state index in [1.165, 1.54) is 18.5 Å². The number of carbonyl (C=O) groups is 1. The third kappa shape index (κ3) is 4.17. The summed E-state index contributed by atoms with van der Waals surface area (Å²) in [5.41, 5.74) is -0.855. The fourth-order valence-corrected chi connectivity index (χ4v) is 2.33. The molecule has 3 N–H and O–H groups in total. The van der Waals surface area contributed by atoms with Gasteiger partial charge in [-0.05, 0) is 29.8 Å². The SMILES string of the molecule is O=C(NCc1ccncc1)c1nc(-c2cccc(C(F)(F)F)c2)nc(O)c1O. The normalized spacial score (nSPS) is 11.2. The number of aromatic hydroxyl groups is 2. The van der Waals surface area contributed by atoms with Gasteiger partial charge in [0.05, 0.1) is 5.56 Å². The minimum absolute atomic E-state index is 0.0756. The fraction of sp³-hybridized carbons (Fsp3) is 0.111. The average Bonchev–Trinajstić information content (AvgIpc) is 2.68. The third-order valence-electron chi connectivity index (χ3n) is 3.73. The Kier molecular flexibility index (Phi) is 5.12. The summed E-state index contributed by atoms with van der Waals surface area (Å²) in [6.45, 7) is 0.0877. The highest BCUT2D eigenvalue weighted by molar-refractivity contribution is 5.95. The van der Waals surface area contributed by atoms with Gasteiger partial charge < -0.3 is 15.5 Å². The smallest absolute Gasteiger partial charge is 0.416 e. The van der Waals surface area contributed by atoms with E-state index in [1.807, 2.05) is 0 Å². The molecule has 28 heavy (non-hydrogen) atoms. The molecule has 144 valence electrons. The van der Waals surface area contributed by atoms with Gasteiger partial charge in [-0.15, -0.1) is 0 Å². The maximum atomic E-state index is 12.9. The first-order valence-electron chi connectivity index (χ1n) is 7.90. The molecule has 0 aliphatic carbocycles. The number of pyridine rings is 1. The number of amides is 1. The molecule has 0 unspecified atom stereocenters. The molecule has 0 spiro atoms. The van der Waals surface area contributed by atoms with Gasteiger partial charge in [-0.2, -0.15) is 18.2 Å². The van der Waals surface area contributed by atoms with Crippen molar-refractivity contribution >= 4 is 5.91 Å². The molecule has 10 heteroatoms. The topological polar surface area (TPSA) is 108 Å². The van der Waals surface area contributed by atoms with E-state index in [4.69, 9.17) is 0 Å². The van der Waals surface area contributed by atoms with Crippen LogP contribution in [0.2, 0.25) is 0 Å². The van der Waals surface area contributed by atoms with Gasteiger partial charge in [-0.25, -0.2) is 4.98 Å². The molecular weight excluding hydrogens is 377 g/mol. The first kappa shape index (κ1) is 19.1. The van der Waals surface area contributed by atoms with E-state index in [0.717, 1.165) is 23.8 Å². The Hall–Kier alpha value is -3.69. The summed E-state index contributed by atoms with van der Waals surface area (Å²) in [7, 11) is 0. The van der Waals surface area contributed by atoms with E-state index in [9.17, 15) is 28.2 Å². The van der Waals surface area contributed by atoms with Crippen LogP contribution in [0.3, 0.4) is 0 Å². The number of nitrogens with zero attached hydrogens (tertiary/aromatic N) is 3. The number of hydrogen-bond donors (Lipinski definition) is 3. The van der Waals surface area contributed by atoms with Crippen molar-refractivity contribution in [1.29, 1.82) is 0 Å². The van der Waals surface area contributed by atoms with E-state index in [-0.39, 0.29) is 17.9 Å². The van der Waals surface area contributed by atoms with Gasteiger partial charge in [0.25, 0.3) is 11.8 Å². The highest BCUT2D eigenvalue weighted by atomic mass is 19.4. The van der Waals surface area contributed by atoms with Crippen LogP contribution in [-0.4, -0.2) is 31.1 Å². The van der Waals surface area contributed by atoms with E-state index < -0.39 is 35.0 Å². The van der Waals surface area contributed by atoms with Crippen molar-refractivity contribution in [3.8, 4) is 23.0 Å². The lowest BCUT2D eigenvalue weighted by Crippen LogP contribution is -2.24. The van der Waals surface area contributed by atoms with Crippen LogP contribution in [0.25, 0.3) is 11.4 Å². The Balaban J connectivity index is 1.91. The lowest BCUT2D eigenvalue weighted by atomic mass is 10.1. The third-order valence-corrected chi connectivity index (χ3v) is 3.73. The summed E-state index contributed by atoms with van der Waals surface area (Å²) < 4.78 is 38.7. The predicted molar refractivity (Wildman–Crippen MR) is 91.2 cm³/mol. The summed E-state index contributed by atoms with van der Waals surface area (Å²) in [6, 6.07) is 7.40. The number of aromatic nitrogens is 3. The summed E-state index contributed by atoms with van der Waals surface area (Å²) in [6.07, 6.45) is -1.53. The predicted octanol–water partition coefficient (Wildman–Crippen LogP) is 2.90. The molecule has 2 heterocycles. The number of nitrogens with one attached hydrogen (secondary N) is 1. The zero-order chi connectivity index (χ0) is 20.3. The van der Waals surface area contributed by atoms with Crippen molar-refractivity contribution in [1.82, 2.24) is 20.3 Å². The van der Waals surface area contributed by atoms with Gasteiger partial charge >= 0.3 is 6.18 Å². The summed E-state index contributed by atoms with van der Waals surface area (Å²) >= 11 is 0. The van der Waals surface area contributed by atoms with Gasteiger partial charge in [0.2, 0.25) is 5.75 Å². The van der Waals surface area contributed by atoms with Crippen molar-refractivity contribution in [2.75, 3.05) is 0 Å². The minimum Gasteiger partial charge on any atom is -0.501 e. The molecule has 7 nitrogen and oxygen atoms in total. The molecule has 0 bridgehead atoms. The van der Waals surface area contributed by atoms with Crippen LogP contribution in [0.5, 0.6) is 11.6 Å². The molecule has 3 aromatic rings. The maximum absolute atomic E-state index is 12.9. The maximum Gasteiger partial charge on any atom is 0.416 e. The lowest BCUT2D eigenvalue weighted by molar-refractivity contribution is -0.137. The minimum atomic E-state index is -4.58. The van der Waals surface area contributed by atoms with Gasteiger partial charge in [-0.1, -0.05) is 12.1 Å². The van der Waals surface area contributed by atoms with Crippen LogP contribution in [0.4, 0.5) is 13.2 Å². The molecule has 0 saturated carbocycles. The fourth-order valence-electron chi connectivity index (χ4n) is 2.33. The quantitative estimate of drug-likeness (QED) is 0.632. The molecule has 2 aromatic heterocycles. The Labute approximate surface area is 156 Å². The molecule has 0 atom stereocenters. The zero-order valence-electron chi connectivity index (χ0n) is 14.1.